The zero-order chi connectivity index (χ0) is 13.2. The Hall–Kier alpha value is -2.56. The highest BCUT2D eigenvalue weighted by atomic mass is 16.5. The molecule has 0 aliphatic rings. The van der Waals surface area contributed by atoms with Gasteiger partial charge in [-0.3, -0.25) is 0 Å². The number of para-hydroxylation sites is 1. The van der Waals surface area contributed by atoms with Gasteiger partial charge in [-0.25, -0.2) is 9.78 Å². The Balaban J connectivity index is 2.07. The summed E-state index contributed by atoms with van der Waals surface area (Å²) in [5, 5.41) is 0.934. The van der Waals surface area contributed by atoms with E-state index in [-0.39, 0.29) is 18.1 Å². The summed E-state index contributed by atoms with van der Waals surface area (Å²) < 4.78 is 15.8. The molecule has 3 rings (SSSR count). The van der Waals surface area contributed by atoms with Crippen LogP contribution in [-0.4, -0.2) is 17.6 Å². The molecule has 0 fully saturated rings. The van der Waals surface area contributed by atoms with Crippen molar-refractivity contribution in [3.8, 4) is 11.5 Å². The van der Waals surface area contributed by atoms with E-state index in [9.17, 15) is 4.79 Å². The van der Waals surface area contributed by atoms with Crippen LogP contribution in [0, 0.1) is 0 Å². The predicted octanol–water partition coefficient (Wildman–Crippen LogP) is 3.26. The molecule has 0 saturated carbocycles. The lowest BCUT2D eigenvalue weighted by atomic mass is 10.2. The highest BCUT2D eigenvalue weighted by Gasteiger charge is 2.22. The van der Waals surface area contributed by atoms with Crippen LogP contribution in [0.3, 0.4) is 0 Å². The number of nitrogens with zero attached hydrogens (tertiary/aromatic N) is 1. The van der Waals surface area contributed by atoms with Gasteiger partial charge in [0, 0.05) is 5.39 Å². The standard InChI is InChI=1S/C14H11NO4/c1-2-17-14(16)12-13(18-8-15-12)11-7-9-5-3-4-6-10(9)19-11/h3-8H,2H2,1H3. The van der Waals surface area contributed by atoms with Crippen LogP contribution in [0.15, 0.2) is 45.6 Å². The van der Waals surface area contributed by atoms with Gasteiger partial charge in [0.1, 0.15) is 5.58 Å². The van der Waals surface area contributed by atoms with Crippen molar-refractivity contribution in [3.63, 3.8) is 0 Å². The lowest BCUT2D eigenvalue weighted by Gasteiger charge is -1.98. The highest BCUT2D eigenvalue weighted by molar-refractivity contribution is 5.94. The number of furan rings is 1. The molecule has 2 heterocycles. The van der Waals surface area contributed by atoms with E-state index in [1.165, 1.54) is 6.39 Å². The van der Waals surface area contributed by atoms with Crippen molar-refractivity contribution < 1.29 is 18.4 Å². The maximum Gasteiger partial charge on any atom is 0.361 e. The van der Waals surface area contributed by atoms with E-state index in [4.69, 9.17) is 13.6 Å². The van der Waals surface area contributed by atoms with Crippen LogP contribution in [0.4, 0.5) is 0 Å². The fourth-order valence-corrected chi connectivity index (χ4v) is 1.86. The van der Waals surface area contributed by atoms with Crippen LogP contribution >= 0.6 is 0 Å². The summed E-state index contributed by atoms with van der Waals surface area (Å²) in [5.74, 6) is 0.225. The molecule has 96 valence electrons. The minimum Gasteiger partial charge on any atom is -0.461 e. The van der Waals surface area contributed by atoms with Gasteiger partial charge in [0.25, 0.3) is 0 Å². The lowest BCUT2D eigenvalue weighted by molar-refractivity contribution is 0.0520. The van der Waals surface area contributed by atoms with Gasteiger partial charge < -0.3 is 13.6 Å². The largest absolute Gasteiger partial charge is 0.461 e. The number of hydrogen-bond acceptors (Lipinski definition) is 5. The molecule has 3 aromatic rings. The topological polar surface area (TPSA) is 65.5 Å². The number of oxazole rings is 1. The lowest BCUT2D eigenvalue weighted by Crippen LogP contribution is -2.06. The van der Waals surface area contributed by atoms with E-state index in [0.717, 1.165) is 11.0 Å². The molecular formula is C14H11NO4. The SMILES string of the molecule is CCOC(=O)c1ncoc1-c1cc2ccccc2o1. The first kappa shape index (κ1) is 11.5. The Morgan fingerprint density at radius 1 is 1.37 bits per heavy atom. The number of rotatable bonds is 3. The molecule has 2 aromatic heterocycles. The summed E-state index contributed by atoms with van der Waals surface area (Å²) in [7, 11) is 0. The summed E-state index contributed by atoms with van der Waals surface area (Å²) in [4.78, 5) is 15.6. The molecule has 0 saturated heterocycles. The summed E-state index contributed by atoms with van der Waals surface area (Å²) >= 11 is 0. The van der Waals surface area contributed by atoms with Crippen LogP contribution in [0.1, 0.15) is 17.4 Å². The second kappa shape index (κ2) is 4.61. The number of benzene rings is 1. The second-order valence-corrected chi connectivity index (χ2v) is 3.90. The number of aromatic nitrogens is 1. The predicted molar refractivity (Wildman–Crippen MR) is 67.7 cm³/mol. The van der Waals surface area contributed by atoms with Gasteiger partial charge in [0.05, 0.1) is 6.61 Å². The Morgan fingerprint density at radius 2 is 2.21 bits per heavy atom. The van der Waals surface area contributed by atoms with E-state index in [1.54, 1.807) is 13.0 Å². The monoisotopic (exact) mass is 257 g/mol. The van der Waals surface area contributed by atoms with E-state index in [1.807, 2.05) is 24.3 Å². The third-order valence-corrected chi connectivity index (χ3v) is 2.69. The van der Waals surface area contributed by atoms with Crippen LogP contribution in [-0.2, 0) is 4.74 Å². The van der Waals surface area contributed by atoms with Gasteiger partial charge in [-0.15, -0.1) is 0 Å². The zero-order valence-corrected chi connectivity index (χ0v) is 10.3. The smallest absolute Gasteiger partial charge is 0.361 e. The molecule has 0 aliphatic carbocycles. The van der Waals surface area contributed by atoms with Gasteiger partial charge in [0.15, 0.2) is 17.8 Å². The zero-order valence-electron chi connectivity index (χ0n) is 10.3. The van der Waals surface area contributed by atoms with Gasteiger partial charge in [-0.05, 0) is 19.1 Å². The molecule has 0 bridgehead atoms. The normalized spacial score (nSPS) is 10.8. The maximum absolute atomic E-state index is 11.7. The molecule has 5 heteroatoms. The van der Waals surface area contributed by atoms with Crippen molar-refractivity contribution in [2.45, 2.75) is 6.92 Å². The van der Waals surface area contributed by atoms with Gasteiger partial charge in [-0.1, -0.05) is 18.2 Å². The second-order valence-electron chi connectivity index (χ2n) is 3.90. The minimum absolute atomic E-state index is 0.126. The minimum atomic E-state index is -0.522. The molecule has 0 radical (unpaired) electrons. The summed E-state index contributed by atoms with van der Waals surface area (Å²) in [6.45, 7) is 2.02. The first-order chi connectivity index (χ1) is 9.29. The van der Waals surface area contributed by atoms with Crippen LogP contribution in [0.2, 0.25) is 0 Å². The van der Waals surface area contributed by atoms with Crippen molar-refractivity contribution >= 4 is 16.9 Å². The summed E-state index contributed by atoms with van der Waals surface area (Å²) in [6, 6.07) is 9.36. The third-order valence-electron chi connectivity index (χ3n) is 2.69. The van der Waals surface area contributed by atoms with Crippen molar-refractivity contribution in [1.29, 1.82) is 0 Å². The fourth-order valence-electron chi connectivity index (χ4n) is 1.86. The van der Waals surface area contributed by atoms with E-state index >= 15 is 0 Å². The number of carbonyl (C=O) groups excluding carboxylic acids is 1. The van der Waals surface area contributed by atoms with Gasteiger partial charge in [0.2, 0.25) is 5.76 Å². The molecule has 0 atom stereocenters. The number of carbonyl (C=O) groups is 1. The van der Waals surface area contributed by atoms with E-state index in [0.29, 0.717) is 5.76 Å². The number of esters is 1. The molecule has 5 nitrogen and oxygen atoms in total. The first-order valence-electron chi connectivity index (χ1n) is 5.89. The van der Waals surface area contributed by atoms with Gasteiger partial charge in [-0.2, -0.15) is 0 Å². The van der Waals surface area contributed by atoms with Gasteiger partial charge >= 0.3 is 5.97 Å². The molecule has 0 unspecified atom stereocenters. The molecule has 0 N–H and O–H groups in total. The Bertz CT molecular complexity index is 693. The van der Waals surface area contributed by atoms with Crippen molar-refractivity contribution in [2.24, 2.45) is 0 Å². The molecular weight excluding hydrogens is 246 g/mol. The maximum atomic E-state index is 11.7. The molecule has 1 aromatic carbocycles. The quantitative estimate of drug-likeness (QED) is 0.674. The van der Waals surface area contributed by atoms with Crippen LogP contribution in [0.5, 0.6) is 0 Å². The van der Waals surface area contributed by atoms with E-state index in [2.05, 4.69) is 4.98 Å². The summed E-state index contributed by atoms with van der Waals surface area (Å²) in [6.07, 6.45) is 1.20. The fraction of sp³-hybridized carbons (Fsp3) is 0.143. The Labute approximate surface area is 108 Å². The van der Waals surface area contributed by atoms with Crippen molar-refractivity contribution in [1.82, 2.24) is 4.98 Å². The molecule has 0 spiro atoms. The number of hydrogen-bond donors (Lipinski definition) is 0. The Morgan fingerprint density at radius 3 is 3.00 bits per heavy atom. The Kier molecular flexibility index (Phi) is 2.79. The average molecular weight is 257 g/mol. The van der Waals surface area contributed by atoms with Crippen molar-refractivity contribution in [3.05, 3.63) is 42.4 Å². The number of fused-ring (bicyclic) bond motifs is 1. The number of ether oxygens (including phenoxy) is 1. The molecule has 0 amide bonds. The van der Waals surface area contributed by atoms with Crippen LogP contribution in [0.25, 0.3) is 22.5 Å². The van der Waals surface area contributed by atoms with Crippen LogP contribution < -0.4 is 0 Å². The molecule has 19 heavy (non-hydrogen) atoms. The first-order valence-corrected chi connectivity index (χ1v) is 5.89. The molecule has 0 aliphatic heterocycles. The highest BCUT2D eigenvalue weighted by Crippen LogP contribution is 2.29. The third kappa shape index (κ3) is 1.99. The van der Waals surface area contributed by atoms with E-state index < -0.39 is 5.97 Å². The van der Waals surface area contributed by atoms with Crippen molar-refractivity contribution in [2.75, 3.05) is 6.61 Å². The summed E-state index contributed by atoms with van der Waals surface area (Å²) in [5.41, 5.74) is 0.851. The average Bonchev–Trinajstić information content (AvgIpc) is 3.05.